The van der Waals surface area contributed by atoms with Gasteiger partial charge in [-0.15, -0.1) is 6.58 Å². The van der Waals surface area contributed by atoms with Crippen molar-refractivity contribution >= 4 is 39.9 Å². The summed E-state index contributed by atoms with van der Waals surface area (Å²) in [6.07, 6.45) is -0.715. The second kappa shape index (κ2) is 14.4. The van der Waals surface area contributed by atoms with E-state index >= 15 is 0 Å². The van der Waals surface area contributed by atoms with E-state index in [9.17, 15) is 41.2 Å². The van der Waals surface area contributed by atoms with Crippen molar-refractivity contribution < 1.29 is 45.9 Å². The van der Waals surface area contributed by atoms with Crippen molar-refractivity contribution in [1.82, 2.24) is 30.1 Å². The highest BCUT2D eigenvalue weighted by Crippen LogP contribution is 2.45. The lowest BCUT2D eigenvalue weighted by Crippen LogP contribution is -2.59. The van der Waals surface area contributed by atoms with Gasteiger partial charge in [0.2, 0.25) is 28.3 Å². The Labute approximate surface area is 295 Å². The summed E-state index contributed by atoms with van der Waals surface area (Å²) < 4.78 is 60.7. The molecule has 3 fully saturated rings. The Kier molecular flexibility index (Phi) is 10.3. The number of alkyl halides is 2. The molecule has 4 bridgehead atoms. The molecule has 51 heavy (non-hydrogen) atoms. The maximum Gasteiger partial charge on any atom is 0.410 e. The van der Waals surface area contributed by atoms with Gasteiger partial charge in [-0.1, -0.05) is 30.7 Å². The number of hydrogen-bond acceptors (Lipinski definition) is 8. The number of rotatable bonds is 8. The number of fused-ring (bicyclic) bond motifs is 3. The molecule has 1 saturated heterocycles. The molecule has 0 spiro atoms. The molecular formula is C34H44F2N6O8S. The summed E-state index contributed by atoms with van der Waals surface area (Å²) in [6.45, 7) is 4.27. The summed E-state index contributed by atoms with van der Waals surface area (Å²) >= 11 is 0. The molecule has 278 valence electrons. The number of aryl methyl sites for hydroxylation is 1. The van der Waals surface area contributed by atoms with Crippen LogP contribution in [0.1, 0.15) is 68.1 Å². The summed E-state index contributed by atoms with van der Waals surface area (Å²) in [5, 5.41) is 4.32. The van der Waals surface area contributed by atoms with Crippen LogP contribution in [0.25, 0.3) is 0 Å². The number of amides is 6. The highest BCUT2D eigenvalue weighted by atomic mass is 32.2. The largest absolute Gasteiger partial charge is 0.444 e. The van der Waals surface area contributed by atoms with Gasteiger partial charge in [-0.05, 0) is 55.2 Å². The van der Waals surface area contributed by atoms with Gasteiger partial charge in [0.1, 0.15) is 23.7 Å². The van der Waals surface area contributed by atoms with Crippen LogP contribution >= 0.6 is 0 Å². The number of sulfonamides is 1. The molecule has 0 unspecified atom stereocenters. The Balaban J connectivity index is 1.27. The highest BCUT2D eigenvalue weighted by Gasteiger charge is 2.62. The lowest BCUT2D eigenvalue weighted by molar-refractivity contribution is -0.141. The summed E-state index contributed by atoms with van der Waals surface area (Å²) in [5.74, 6) is -3.42. The van der Waals surface area contributed by atoms with Crippen molar-refractivity contribution in [2.24, 2.45) is 5.92 Å². The highest BCUT2D eigenvalue weighted by molar-refractivity contribution is 7.91. The van der Waals surface area contributed by atoms with Gasteiger partial charge in [-0.3, -0.25) is 24.0 Å². The zero-order chi connectivity index (χ0) is 36.7. The first-order valence-corrected chi connectivity index (χ1v) is 18.9. The van der Waals surface area contributed by atoms with Crippen LogP contribution in [-0.2, 0) is 48.7 Å². The van der Waals surface area contributed by atoms with E-state index in [2.05, 4.69) is 21.9 Å². The van der Waals surface area contributed by atoms with Crippen LogP contribution in [-0.4, -0.2) is 109 Å². The molecule has 2 aliphatic carbocycles. The quantitative estimate of drug-likeness (QED) is 0.341. The minimum atomic E-state index is -3.96. The van der Waals surface area contributed by atoms with E-state index in [0.29, 0.717) is 38.9 Å². The molecule has 3 heterocycles. The number of nitrogens with one attached hydrogen (secondary N) is 3. The maximum absolute atomic E-state index is 14.0. The topological polar surface area (TPSA) is 175 Å². The van der Waals surface area contributed by atoms with Crippen molar-refractivity contribution in [3.8, 4) is 0 Å². The zero-order valence-corrected chi connectivity index (χ0v) is 29.3. The van der Waals surface area contributed by atoms with Crippen molar-refractivity contribution in [2.75, 3.05) is 20.1 Å². The van der Waals surface area contributed by atoms with E-state index in [4.69, 9.17) is 4.74 Å². The number of benzene rings is 1. The Morgan fingerprint density at radius 1 is 1.14 bits per heavy atom. The van der Waals surface area contributed by atoms with Gasteiger partial charge in [0.15, 0.2) is 0 Å². The monoisotopic (exact) mass is 734 g/mol. The number of carbonyl (C=O) groups is 5. The predicted octanol–water partition coefficient (Wildman–Crippen LogP) is 2.17. The summed E-state index contributed by atoms with van der Waals surface area (Å²) in [6, 6.07) is 2.04. The number of halogens is 2. The second-order valence-electron chi connectivity index (χ2n) is 14.2. The van der Waals surface area contributed by atoms with Crippen molar-refractivity contribution in [3.05, 3.63) is 47.5 Å². The maximum atomic E-state index is 14.0. The van der Waals surface area contributed by atoms with Crippen LogP contribution in [0.5, 0.6) is 0 Å². The molecule has 2 saturated carbocycles. The lowest BCUT2D eigenvalue weighted by Gasteiger charge is -2.30. The SMILES string of the molecule is C=C[C@@H]1C[C@]1(NC(=O)[C@@H]1C[C@@H]2CN1C(=O)[C@H](CC(F)F)NC(=O)N(C)CCCCCc1cccc3c1CN(C3)C(=O)O2)C(=O)NS(=O)(=O)C1CC1. The van der Waals surface area contributed by atoms with Crippen molar-refractivity contribution in [1.29, 1.82) is 0 Å². The van der Waals surface area contributed by atoms with Gasteiger partial charge in [0.25, 0.3) is 5.91 Å². The van der Waals surface area contributed by atoms with Crippen LogP contribution in [0, 0.1) is 5.92 Å². The molecule has 1 aromatic rings. The fraction of sp³-hybridized carbons (Fsp3) is 0.618. The smallest absolute Gasteiger partial charge is 0.410 e. The first-order chi connectivity index (χ1) is 24.2. The second-order valence-corrected chi connectivity index (χ2v) is 16.2. The molecule has 3 N–H and O–H groups in total. The van der Waals surface area contributed by atoms with E-state index in [0.717, 1.165) is 40.9 Å². The van der Waals surface area contributed by atoms with E-state index < -0.39 is 87.6 Å². The third-order valence-corrected chi connectivity index (χ3v) is 12.3. The van der Waals surface area contributed by atoms with Gasteiger partial charge in [-0.2, -0.15) is 0 Å². The number of nitrogens with zero attached hydrogens (tertiary/aromatic N) is 3. The standard InChI is InChI=1S/C34H44F2N6O8S/c1-3-22-16-34(22,31(45)39-51(48,49)24-11-12-24)38-29(43)27-14-23-18-42(27)30(44)26(15-28(35)36)37-32(46)40(2)13-6-4-5-8-20-9-7-10-21-17-41(19-25(20)21)33(47)50-23/h3,7,9-10,22-24,26-28H,1,4-6,8,11-19H2,2H3,(H,37,46)(H,38,43)(H,39,45)/t22-,23-,26+,27+,34-/m1/s1. The van der Waals surface area contributed by atoms with Gasteiger partial charge in [0, 0.05) is 45.4 Å². The third-order valence-electron chi connectivity index (χ3n) is 10.5. The van der Waals surface area contributed by atoms with Crippen LogP contribution in [0.3, 0.4) is 0 Å². The average Bonchev–Trinajstić information content (AvgIpc) is 3.97. The molecule has 0 aromatic heterocycles. The molecule has 6 rings (SSSR count). The summed E-state index contributed by atoms with van der Waals surface area (Å²) in [7, 11) is -2.46. The third kappa shape index (κ3) is 7.82. The molecular weight excluding hydrogens is 690 g/mol. The van der Waals surface area contributed by atoms with Crippen LogP contribution in [0.2, 0.25) is 0 Å². The molecule has 5 atom stereocenters. The average molecular weight is 735 g/mol. The molecule has 14 nitrogen and oxygen atoms in total. The Bertz CT molecular complexity index is 1710. The minimum Gasteiger partial charge on any atom is -0.444 e. The van der Waals surface area contributed by atoms with E-state index in [1.165, 1.54) is 22.9 Å². The number of ether oxygens (including phenoxy) is 1. The Morgan fingerprint density at radius 3 is 2.57 bits per heavy atom. The molecule has 0 radical (unpaired) electrons. The van der Waals surface area contributed by atoms with E-state index in [1.54, 1.807) is 0 Å². The molecule has 6 amide bonds. The number of hydrogen-bond donors (Lipinski definition) is 3. The van der Waals surface area contributed by atoms with Gasteiger partial charge in [-0.25, -0.2) is 26.8 Å². The summed E-state index contributed by atoms with van der Waals surface area (Å²) in [5.41, 5.74) is 1.46. The Morgan fingerprint density at radius 2 is 1.88 bits per heavy atom. The van der Waals surface area contributed by atoms with Gasteiger partial charge in [0.05, 0.1) is 11.8 Å². The fourth-order valence-corrected chi connectivity index (χ4v) is 8.63. The van der Waals surface area contributed by atoms with Gasteiger partial charge >= 0.3 is 12.1 Å². The minimum absolute atomic E-state index is 0.0429. The number of urea groups is 1. The normalized spacial score (nSPS) is 28.7. The van der Waals surface area contributed by atoms with Crippen LogP contribution in [0.15, 0.2) is 30.9 Å². The van der Waals surface area contributed by atoms with Gasteiger partial charge < -0.3 is 25.2 Å². The van der Waals surface area contributed by atoms with Crippen molar-refractivity contribution in [2.45, 2.75) is 106 Å². The first kappa shape index (κ1) is 36.5. The molecule has 1 aromatic carbocycles. The molecule has 5 aliphatic rings. The lowest BCUT2D eigenvalue weighted by atomic mass is 9.98. The summed E-state index contributed by atoms with van der Waals surface area (Å²) in [4.78, 5) is 71.8. The fourth-order valence-electron chi connectivity index (χ4n) is 7.27. The van der Waals surface area contributed by atoms with Crippen molar-refractivity contribution in [3.63, 3.8) is 0 Å². The molecule has 3 aliphatic heterocycles. The van der Waals surface area contributed by atoms with Crippen LogP contribution in [0.4, 0.5) is 18.4 Å². The predicted molar refractivity (Wildman–Crippen MR) is 178 cm³/mol. The van der Waals surface area contributed by atoms with Crippen LogP contribution < -0.4 is 15.4 Å². The number of carbonyl (C=O) groups excluding carboxylic acids is 5. The molecule has 17 heteroatoms. The van der Waals surface area contributed by atoms with E-state index in [-0.39, 0.29) is 19.4 Å². The first-order valence-electron chi connectivity index (χ1n) is 17.4. The van der Waals surface area contributed by atoms with E-state index in [1.807, 2.05) is 18.2 Å². The zero-order valence-electron chi connectivity index (χ0n) is 28.4. The Hall–Kier alpha value is -4.28.